The van der Waals surface area contributed by atoms with Crippen LogP contribution in [-0.2, 0) is 9.59 Å². The summed E-state index contributed by atoms with van der Waals surface area (Å²) in [6.45, 7) is 10.2. The number of carbonyl (C=O) groups excluding carboxylic acids is 2. The molecule has 0 aromatic carbocycles. The Morgan fingerprint density at radius 2 is 1.81 bits per heavy atom. The van der Waals surface area contributed by atoms with Crippen molar-refractivity contribution in [2.75, 3.05) is 0 Å². The van der Waals surface area contributed by atoms with E-state index >= 15 is 0 Å². The molecule has 1 saturated heterocycles. The summed E-state index contributed by atoms with van der Waals surface area (Å²) < 4.78 is 0. The van der Waals surface area contributed by atoms with Gasteiger partial charge in [-0.25, -0.2) is 0 Å². The quantitative estimate of drug-likeness (QED) is 0.870. The minimum absolute atomic E-state index is 0.0209. The van der Waals surface area contributed by atoms with Crippen LogP contribution >= 0.6 is 0 Å². The van der Waals surface area contributed by atoms with Gasteiger partial charge in [0.25, 0.3) is 0 Å². The third kappa shape index (κ3) is 2.95. The molecule has 120 valence electrons. The van der Waals surface area contributed by atoms with Gasteiger partial charge in [-0.05, 0) is 50.9 Å². The van der Waals surface area contributed by atoms with E-state index in [1.165, 1.54) is 0 Å². The summed E-state index contributed by atoms with van der Waals surface area (Å²) >= 11 is 0. The lowest BCUT2D eigenvalue weighted by Gasteiger charge is -2.50. The third-order valence-electron chi connectivity index (χ3n) is 5.39. The largest absolute Gasteiger partial charge is 0.340 e. The predicted octanol–water partition coefficient (Wildman–Crippen LogP) is 2.72. The molecule has 4 heteroatoms. The SMILES string of the molecule is CCC1(C)NC(=O)C(C(C)C)N(C2CCC(C)CC2)C1=O. The first-order chi connectivity index (χ1) is 9.80. The van der Waals surface area contributed by atoms with Crippen LogP contribution in [0.15, 0.2) is 0 Å². The van der Waals surface area contributed by atoms with Crippen molar-refractivity contribution in [2.45, 2.75) is 84.3 Å². The molecule has 1 heterocycles. The maximum Gasteiger partial charge on any atom is 0.248 e. The lowest BCUT2D eigenvalue weighted by molar-refractivity contribution is -0.160. The first-order valence-electron chi connectivity index (χ1n) is 8.45. The zero-order valence-electron chi connectivity index (χ0n) is 14.1. The number of nitrogens with one attached hydrogen (secondary N) is 1. The van der Waals surface area contributed by atoms with E-state index in [1.54, 1.807) is 0 Å². The van der Waals surface area contributed by atoms with Crippen LogP contribution in [0.5, 0.6) is 0 Å². The van der Waals surface area contributed by atoms with Gasteiger partial charge in [-0.3, -0.25) is 9.59 Å². The van der Waals surface area contributed by atoms with Crippen LogP contribution in [0, 0.1) is 11.8 Å². The fourth-order valence-electron chi connectivity index (χ4n) is 3.71. The highest BCUT2D eigenvalue weighted by Crippen LogP contribution is 2.34. The number of rotatable bonds is 3. The van der Waals surface area contributed by atoms with E-state index in [0.717, 1.165) is 31.6 Å². The summed E-state index contributed by atoms with van der Waals surface area (Å²) in [6, 6.07) is -0.0754. The molecule has 1 N–H and O–H groups in total. The van der Waals surface area contributed by atoms with Gasteiger partial charge in [-0.15, -0.1) is 0 Å². The molecule has 21 heavy (non-hydrogen) atoms. The molecule has 2 rings (SSSR count). The molecule has 2 amide bonds. The van der Waals surface area contributed by atoms with Gasteiger partial charge >= 0.3 is 0 Å². The van der Waals surface area contributed by atoms with Crippen molar-refractivity contribution < 1.29 is 9.59 Å². The average Bonchev–Trinajstić information content (AvgIpc) is 2.43. The molecule has 0 aromatic heterocycles. The van der Waals surface area contributed by atoms with Crippen LogP contribution in [0.2, 0.25) is 0 Å². The van der Waals surface area contributed by atoms with Gasteiger partial charge in [-0.1, -0.05) is 27.7 Å². The molecule has 2 fully saturated rings. The third-order valence-corrected chi connectivity index (χ3v) is 5.39. The van der Waals surface area contributed by atoms with Crippen molar-refractivity contribution in [3.63, 3.8) is 0 Å². The maximum atomic E-state index is 13.0. The number of amides is 2. The summed E-state index contributed by atoms with van der Waals surface area (Å²) in [5.74, 6) is 1.02. The number of piperazine rings is 1. The Bertz CT molecular complexity index is 413. The smallest absolute Gasteiger partial charge is 0.248 e. The highest BCUT2D eigenvalue weighted by Gasteiger charge is 2.50. The Hall–Kier alpha value is -1.06. The van der Waals surface area contributed by atoms with E-state index in [2.05, 4.69) is 12.2 Å². The molecule has 2 atom stereocenters. The van der Waals surface area contributed by atoms with E-state index < -0.39 is 5.54 Å². The molecule has 0 bridgehead atoms. The molecule has 1 aliphatic heterocycles. The van der Waals surface area contributed by atoms with Gasteiger partial charge in [0.1, 0.15) is 11.6 Å². The Morgan fingerprint density at radius 1 is 1.24 bits per heavy atom. The van der Waals surface area contributed by atoms with Crippen molar-refractivity contribution in [2.24, 2.45) is 11.8 Å². The van der Waals surface area contributed by atoms with Crippen LogP contribution in [0.1, 0.15) is 66.7 Å². The van der Waals surface area contributed by atoms with Crippen molar-refractivity contribution in [1.29, 1.82) is 0 Å². The molecular formula is C17H30N2O2. The van der Waals surface area contributed by atoms with E-state index in [9.17, 15) is 9.59 Å². The molecule has 0 spiro atoms. The zero-order valence-corrected chi connectivity index (χ0v) is 14.1. The van der Waals surface area contributed by atoms with E-state index in [0.29, 0.717) is 6.42 Å². The minimum Gasteiger partial charge on any atom is -0.340 e. The lowest BCUT2D eigenvalue weighted by Crippen LogP contribution is -2.72. The zero-order chi connectivity index (χ0) is 15.8. The van der Waals surface area contributed by atoms with E-state index in [-0.39, 0.29) is 29.8 Å². The molecule has 1 aliphatic carbocycles. The Morgan fingerprint density at radius 3 is 2.29 bits per heavy atom. The van der Waals surface area contributed by atoms with Gasteiger partial charge in [0.15, 0.2) is 0 Å². The van der Waals surface area contributed by atoms with Crippen molar-refractivity contribution in [3.05, 3.63) is 0 Å². The summed E-state index contributed by atoms with van der Waals surface area (Å²) in [5, 5.41) is 2.97. The number of nitrogens with zero attached hydrogens (tertiary/aromatic N) is 1. The van der Waals surface area contributed by atoms with Crippen LogP contribution in [0.4, 0.5) is 0 Å². The molecule has 1 saturated carbocycles. The summed E-state index contributed by atoms with van der Waals surface area (Å²) in [4.78, 5) is 27.5. The fourth-order valence-corrected chi connectivity index (χ4v) is 3.71. The maximum absolute atomic E-state index is 13.0. The number of hydrogen-bond acceptors (Lipinski definition) is 2. The minimum atomic E-state index is -0.731. The van der Waals surface area contributed by atoms with E-state index in [1.807, 2.05) is 32.6 Å². The molecular weight excluding hydrogens is 264 g/mol. The van der Waals surface area contributed by atoms with Gasteiger partial charge in [0.2, 0.25) is 11.8 Å². The molecule has 4 nitrogen and oxygen atoms in total. The van der Waals surface area contributed by atoms with Crippen LogP contribution in [0.3, 0.4) is 0 Å². The summed E-state index contributed by atoms with van der Waals surface area (Å²) in [6.07, 6.45) is 5.02. The molecule has 0 radical (unpaired) electrons. The Balaban J connectivity index is 2.30. The standard InChI is InChI=1S/C17H30N2O2/c1-6-17(5)16(21)19(13-9-7-12(4)8-10-13)14(11(2)3)15(20)18-17/h11-14H,6-10H2,1-5H3,(H,18,20). The Labute approximate surface area is 128 Å². The second-order valence-electron chi connectivity index (χ2n) is 7.49. The second-order valence-corrected chi connectivity index (χ2v) is 7.49. The monoisotopic (exact) mass is 294 g/mol. The Kier molecular flexibility index (Phi) is 4.64. The normalized spacial score (nSPS) is 37.8. The van der Waals surface area contributed by atoms with Gasteiger partial charge in [0, 0.05) is 6.04 Å². The van der Waals surface area contributed by atoms with E-state index in [4.69, 9.17) is 0 Å². The summed E-state index contributed by atoms with van der Waals surface area (Å²) in [5.41, 5.74) is -0.731. The molecule has 2 aliphatic rings. The predicted molar refractivity (Wildman–Crippen MR) is 83.7 cm³/mol. The second kappa shape index (κ2) is 5.98. The van der Waals surface area contributed by atoms with Gasteiger partial charge in [-0.2, -0.15) is 0 Å². The van der Waals surface area contributed by atoms with Crippen molar-refractivity contribution in [3.8, 4) is 0 Å². The highest BCUT2D eigenvalue weighted by molar-refractivity contribution is 5.99. The highest BCUT2D eigenvalue weighted by atomic mass is 16.2. The first-order valence-corrected chi connectivity index (χ1v) is 8.45. The van der Waals surface area contributed by atoms with Gasteiger partial charge in [0.05, 0.1) is 0 Å². The lowest BCUT2D eigenvalue weighted by atomic mass is 9.81. The molecule has 2 unspecified atom stereocenters. The molecule has 0 aromatic rings. The number of hydrogen-bond donors (Lipinski definition) is 1. The first kappa shape index (κ1) is 16.3. The fraction of sp³-hybridized carbons (Fsp3) is 0.882. The average molecular weight is 294 g/mol. The summed E-state index contributed by atoms with van der Waals surface area (Å²) in [7, 11) is 0. The number of carbonyl (C=O) groups is 2. The van der Waals surface area contributed by atoms with Crippen molar-refractivity contribution in [1.82, 2.24) is 10.2 Å². The van der Waals surface area contributed by atoms with Crippen molar-refractivity contribution >= 4 is 11.8 Å². The van der Waals surface area contributed by atoms with Crippen LogP contribution in [0.25, 0.3) is 0 Å². The van der Waals surface area contributed by atoms with Crippen LogP contribution in [-0.4, -0.2) is 34.3 Å². The van der Waals surface area contributed by atoms with Gasteiger partial charge < -0.3 is 10.2 Å². The topological polar surface area (TPSA) is 49.4 Å². The van der Waals surface area contributed by atoms with Crippen LogP contribution < -0.4 is 5.32 Å².